The quantitative estimate of drug-likeness (QED) is 0.365. The van der Waals surface area contributed by atoms with Crippen molar-refractivity contribution in [3.63, 3.8) is 0 Å². The number of likely N-dealkylation sites (tertiary alicyclic amines) is 1. The third kappa shape index (κ3) is 6.17. The maximum Gasteiger partial charge on any atom is 0.127 e. The molecule has 1 heterocycles. The molecule has 3 nitrogen and oxygen atoms in total. The van der Waals surface area contributed by atoms with E-state index in [1.165, 1.54) is 35.1 Å². The van der Waals surface area contributed by atoms with Crippen molar-refractivity contribution in [2.24, 2.45) is 5.92 Å². The number of nitrogens with zero attached hydrogens (tertiary/aromatic N) is 1. The number of piperidine rings is 1. The van der Waals surface area contributed by atoms with Gasteiger partial charge in [0.2, 0.25) is 0 Å². The zero-order chi connectivity index (χ0) is 23.2. The Kier molecular flexibility index (Phi) is 7.72. The molecule has 0 aliphatic carbocycles. The monoisotopic (exact) mass is 443 g/mol. The second-order valence-corrected chi connectivity index (χ2v) is 9.61. The van der Waals surface area contributed by atoms with Gasteiger partial charge in [-0.3, -0.25) is 0 Å². The van der Waals surface area contributed by atoms with Crippen molar-refractivity contribution in [2.75, 3.05) is 26.2 Å². The van der Waals surface area contributed by atoms with Gasteiger partial charge in [-0.05, 0) is 105 Å². The minimum atomic E-state index is 0.511. The van der Waals surface area contributed by atoms with E-state index in [2.05, 4.69) is 69.0 Å². The average Bonchev–Trinajstić information content (AvgIpc) is 2.84. The number of rotatable bonds is 8. The van der Waals surface area contributed by atoms with Crippen LogP contribution in [0.3, 0.4) is 0 Å². The summed E-state index contributed by atoms with van der Waals surface area (Å²) in [6, 6.07) is 22.9. The molecule has 33 heavy (non-hydrogen) atoms. The molecule has 0 aromatic heterocycles. The first-order valence-corrected chi connectivity index (χ1v) is 12.2. The summed E-state index contributed by atoms with van der Waals surface area (Å²) in [5, 5.41) is 0. The molecular formula is C30H37NO2. The van der Waals surface area contributed by atoms with Crippen LogP contribution in [0.1, 0.15) is 47.9 Å². The minimum absolute atomic E-state index is 0.511. The van der Waals surface area contributed by atoms with Crippen LogP contribution in [0.5, 0.6) is 17.2 Å². The van der Waals surface area contributed by atoms with E-state index in [4.69, 9.17) is 9.47 Å². The van der Waals surface area contributed by atoms with Gasteiger partial charge in [0.05, 0.1) is 6.61 Å². The predicted octanol–water partition coefficient (Wildman–Crippen LogP) is 7.30. The number of aryl methyl sites for hydroxylation is 1. The highest BCUT2D eigenvalue weighted by Crippen LogP contribution is 2.31. The molecule has 0 bridgehead atoms. The van der Waals surface area contributed by atoms with Crippen molar-refractivity contribution in [3.05, 3.63) is 89.0 Å². The molecule has 4 rings (SSSR count). The average molecular weight is 444 g/mol. The van der Waals surface area contributed by atoms with Crippen molar-refractivity contribution >= 4 is 0 Å². The summed E-state index contributed by atoms with van der Waals surface area (Å²) in [6.45, 7) is 13.0. The molecule has 3 heteroatoms. The molecule has 0 amide bonds. The van der Waals surface area contributed by atoms with Gasteiger partial charge in [-0.2, -0.15) is 0 Å². The van der Waals surface area contributed by atoms with E-state index in [9.17, 15) is 0 Å². The van der Waals surface area contributed by atoms with Crippen LogP contribution in [-0.4, -0.2) is 31.1 Å². The molecule has 0 unspecified atom stereocenters. The van der Waals surface area contributed by atoms with E-state index in [0.29, 0.717) is 11.8 Å². The second-order valence-electron chi connectivity index (χ2n) is 9.61. The van der Waals surface area contributed by atoms with Gasteiger partial charge < -0.3 is 14.4 Å². The molecule has 0 radical (unpaired) electrons. The summed E-state index contributed by atoms with van der Waals surface area (Å²) >= 11 is 0. The van der Waals surface area contributed by atoms with E-state index < -0.39 is 0 Å². The van der Waals surface area contributed by atoms with Crippen molar-refractivity contribution in [3.8, 4) is 17.2 Å². The van der Waals surface area contributed by atoms with Crippen molar-refractivity contribution < 1.29 is 9.47 Å². The maximum atomic E-state index is 6.18. The van der Waals surface area contributed by atoms with Gasteiger partial charge in [-0.15, -0.1) is 0 Å². The van der Waals surface area contributed by atoms with Crippen LogP contribution < -0.4 is 9.47 Å². The highest BCUT2D eigenvalue weighted by Gasteiger charge is 2.22. The van der Waals surface area contributed by atoms with Crippen LogP contribution in [0.25, 0.3) is 0 Å². The van der Waals surface area contributed by atoms with Crippen LogP contribution in [-0.2, 0) is 0 Å². The Morgan fingerprint density at radius 2 is 1.48 bits per heavy atom. The van der Waals surface area contributed by atoms with Crippen LogP contribution in [0.15, 0.2) is 66.7 Å². The summed E-state index contributed by atoms with van der Waals surface area (Å²) in [6.07, 6.45) is 2.42. The third-order valence-electron chi connectivity index (χ3n) is 7.02. The Balaban J connectivity index is 1.22. The molecule has 3 aromatic rings. The molecule has 3 aromatic carbocycles. The number of hydrogen-bond acceptors (Lipinski definition) is 3. The highest BCUT2D eigenvalue weighted by atomic mass is 16.5. The van der Waals surface area contributed by atoms with E-state index in [0.717, 1.165) is 43.5 Å². The number of para-hydroxylation sites is 1. The summed E-state index contributed by atoms with van der Waals surface area (Å²) in [5.74, 6) is 3.96. The molecule has 1 fully saturated rings. The molecule has 0 saturated carbocycles. The van der Waals surface area contributed by atoms with E-state index in [1.54, 1.807) is 0 Å². The van der Waals surface area contributed by atoms with Gasteiger partial charge in [0.1, 0.15) is 17.2 Å². The van der Waals surface area contributed by atoms with E-state index in [-0.39, 0.29) is 0 Å². The van der Waals surface area contributed by atoms with Gasteiger partial charge in [0.25, 0.3) is 0 Å². The lowest BCUT2D eigenvalue weighted by Gasteiger charge is -2.33. The molecule has 0 spiro atoms. The molecule has 1 aliphatic heterocycles. The van der Waals surface area contributed by atoms with Gasteiger partial charge in [0, 0.05) is 12.5 Å². The normalized spacial score (nSPS) is 15.9. The minimum Gasteiger partial charge on any atom is -0.493 e. The Morgan fingerprint density at radius 3 is 2.18 bits per heavy atom. The maximum absolute atomic E-state index is 6.18. The van der Waals surface area contributed by atoms with E-state index >= 15 is 0 Å². The molecule has 1 saturated heterocycles. The zero-order valence-electron chi connectivity index (χ0n) is 20.5. The summed E-state index contributed by atoms with van der Waals surface area (Å²) in [4.78, 5) is 2.60. The fourth-order valence-electron chi connectivity index (χ4n) is 4.69. The van der Waals surface area contributed by atoms with Gasteiger partial charge in [-0.25, -0.2) is 0 Å². The Labute approximate surface area is 199 Å². The Hall–Kier alpha value is -2.78. The Bertz CT molecular complexity index is 1020. The SMILES string of the molecule is Cc1ccc(OC[C@@H](C)CN2CCC(c3ccc(Oc4ccccc4)cc3)CC2)c(C)c1C. The fraction of sp³-hybridized carbons (Fsp3) is 0.400. The predicted molar refractivity (Wildman–Crippen MR) is 137 cm³/mol. The summed E-state index contributed by atoms with van der Waals surface area (Å²) in [5.41, 5.74) is 5.36. The Morgan fingerprint density at radius 1 is 0.818 bits per heavy atom. The lowest BCUT2D eigenvalue weighted by molar-refractivity contribution is 0.156. The number of ether oxygens (including phenoxy) is 2. The van der Waals surface area contributed by atoms with Crippen molar-refractivity contribution in [1.82, 2.24) is 4.90 Å². The molecule has 0 N–H and O–H groups in total. The largest absolute Gasteiger partial charge is 0.493 e. The van der Waals surface area contributed by atoms with Crippen molar-refractivity contribution in [1.29, 1.82) is 0 Å². The molecule has 1 aliphatic rings. The second kappa shape index (κ2) is 10.9. The van der Waals surface area contributed by atoms with Crippen LogP contribution >= 0.6 is 0 Å². The van der Waals surface area contributed by atoms with Crippen LogP contribution in [0, 0.1) is 26.7 Å². The molecular weight excluding hydrogens is 406 g/mol. The lowest BCUT2D eigenvalue weighted by atomic mass is 9.89. The van der Waals surface area contributed by atoms with E-state index in [1.807, 2.05) is 30.3 Å². The zero-order valence-corrected chi connectivity index (χ0v) is 20.5. The fourth-order valence-corrected chi connectivity index (χ4v) is 4.69. The highest BCUT2D eigenvalue weighted by molar-refractivity contribution is 5.43. The first-order chi connectivity index (χ1) is 16.0. The smallest absolute Gasteiger partial charge is 0.127 e. The number of benzene rings is 3. The first-order valence-electron chi connectivity index (χ1n) is 12.2. The van der Waals surface area contributed by atoms with Gasteiger partial charge >= 0.3 is 0 Å². The third-order valence-corrected chi connectivity index (χ3v) is 7.02. The lowest BCUT2D eigenvalue weighted by Crippen LogP contribution is -2.37. The van der Waals surface area contributed by atoms with Crippen molar-refractivity contribution in [2.45, 2.75) is 46.5 Å². The molecule has 174 valence electrons. The first kappa shape index (κ1) is 23.4. The number of hydrogen-bond donors (Lipinski definition) is 0. The molecule has 1 atom stereocenters. The summed E-state index contributed by atoms with van der Waals surface area (Å²) in [7, 11) is 0. The van der Waals surface area contributed by atoms with Gasteiger partial charge in [-0.1, -0.05) is 43.3 Å². The topological polar surface area (TPSA) is 21.7 Å². The van der Waals surface area contributed by atoms with Crippen LogP contribution in [0.4, 0.5) is 0 Å². The standard InChI is InChI=1S/C30H37NO2/c1-22(21-32-30-15-10-23(2)24(3)25(30)4)20-31-18-16-27(17-19-31)26-11-13-29(14-12-26)33-28-8-6-5-7-9-28/h5-15,22,27H,16-21H2,1-4H3/t22-/m0/s1. The van der Waals surface area contributed by atoms with Gasteiger partial charge in [0.15, 0.2) is 0 Å². The summed E-state index contributed by atoms with van der Waals surface area (Å²) < 4.78 is 12.1. The van der Waals surface area contributed by atoms with Crippen LogP contribution in [0.2, 0.25) is 0 Å².